The molecule has 1 aliphatic carbocycles. The third-order valence-corrected chi connectivity index (χ3v) is 1.71. The maximum atomic E-state index is 8.76. The van der Waals surface area contributed by atoms with Crippen molar-refractivity contribution >= 4 is 0 Å². The summed E-state index contributed by atoms with van der Waals surface area (Å²) in [5, 5.41) is 8.76. The van der Waals surface area contributed by atoms with Gasteiger partial charge in [0.15, 0.2) is 0 Å². The average molecular weight is 101 g/mol. The summed E-state index contributed by atoms with van der Waals surface area (Å²) in [6.07, 6.45) is 0.677. The van der Waals surface area contributed by atoms with Crippen LogP contribution in [-0.2, 0) is 0 Å². The molecule has 0 aliphatic heterocycles. The van der Waals surface area contributed by atoms with Crippen LogP contribution in [-0.4, -0.2) is 17.3 Å². The fourth-order valence-corrected chi connectivity index (χ4v) is 0.879. The smallest absolute Gasteiger partial charge is 0.0696 e. The van der Waals surface area contributed by atoms with Crippen LogP contribution in [0.2, 0.25) is 0 Å². The number of nitrogens with two attached hydrogens (primary N) is 1. The molecule has 3 atom stereocenters. The molecular formula is C5H11NO. The van der Waals surface area contributed by atoms with Crippen LogP contribution in [0, 0.1) is 5.92 Å². The zero-order chi connectivity index (χ0) is 5.44. The van der Waals surface area contributed by atoms with Gasteiger partial charge in [0.05, 0.1) is 6.10 Å². The topological polar surface area (TPSA) is 46.2 Å². The molecule has 0 bridgehead atoms. The van der Waals surface area contributed by atoms with Gasteiger partial charge >= 0.3 is 0 Å². The fourth-order valence-electron chi connectivity index (χ4n) is 0.879. The van der Waals surface area contributed by atoms with Gasteiger partial charge in [-0.3, -0.25) is 0 Å². The van der Waals surface area contributed by atoms with Crippen LogP contribution < -0.4 is 5.73 Å². The molecule has 0 spiro atoms. The largest absolute Gasteiger partial charge is 0.391 e. The Balaban J connectivity index is 2.29. The molecule has 7 heavy (non-hydrogen) atoms. The minimum Gasteiger partial charge on any atom is -0.391 e. The van der Waals surface area contributed by atoms with Gasteiger partial charge < -0.3 is 10.8 Å². The summed E-state index contributed by atoms with van der Waals surface area (Å²) in [6, 6.07) is 0.0556. The Morgan fingerprint density at radius 3 is 2.29 bits per heavy atom. The van der Waals surface area contributed by atoms with Gasteiger partial charge in [0, 0.05) is 6.04 Å². The lowest BCUT2D eigenvalue weighted by Gasteiger charge is -2.36. The van der Waals surface area contributed by atoms with E-state index in [1.807, 2.05) is 0 Å². The molecule has 0 radical (unpaired) electrons. The predicted molar refractivity (Wildman–Crippen MR) is 27.8 cm³/mol. The molecule has 0 amide bonds. The lowest BCUT2D eigenvalue weighted by Crippen LogP contribution is -2.51. The highest BCUT2D eigenvalue weighted by atomic mass is 16.3. The van der Waals surface area contributed by atoms with E-state index in [1.54, 1.807) is 0 Å². The van der Waals surface area contributed by atoms with Crippen molar-refractivity contribution in [2.75, 3.05) is 0 Å². The Labute approximate surface area is 43.3 Å². The summed E-state index contributed by atoms with van der Waals surface area (Å²) in [6.45, 7) is 2.05. The first kappa shape index (κ1) is 5.06. The number of hydrogen-bond donors (Lipinski definition) is 2. The summed E-state index contributed by atoms with van der Waals surface area (Å²) in [4.78, 5) is 0. The highest BCUT2D eigenvalue weighted by Gasteiger charge is 2.32. The van der Waals surface area contributed by atoms with Crippen molar-refractivity contribution in [1.82, 2.24) is 0 Å². The quantitative estimate of drug-likeness (QED) is 0.440. The molecule has 1 rings (SSSR count). The number of aliphatic hydroxyl groups is 1. The van der Waals surface area contributed by atoms with Gasteiger partial charge in [-0.15, -0.1) is 0 Å². The van der Waals surface area contributed by atoms with E-state index in [0.717, 1.165) is 6.42 Å². The lowest BCUT2D eigenvalue weighted by molar-refractivity contribution is 0.0238. The molecule has 2 heteroatoms. The molecule has 42 valence electrons. The molecule has 0 heterocycles. The zero-order valence-corrected chi connectivity index (χ0v) is 4.46. The van der Waals surface area contributed by atoms with Gasteiger partial charge in [0.25, 0.3) is 0 Å². The van der Waals surface area contributed by atoms with Gasteiger partial charge in [-0.2, -0.15) is 0 Å². The van der Waals surface area contributed by atoms with Crippen LogP contribution in [0.4, 0.5) is 0 Å². The van der Waals surface area contributed by atoms with E-state index >= 15 is 0 Å². The van der Waals surface area contributed by atoms with E-state index in [4.69, 9.17) is 10.8 Å². The molecule has 0 aromatic carbocycles. The molecule has 0 aromatic heterocycles. The first-order valence-corrected chi connectivity index (χ1v) is 2.65. The second kappa shape index (κ2) is 1.46. The van der Waals surface area contributed by atoms with Crippen molar-refractivity contribution < 1.29 is 5.11 Å². The zero-order valence-electron chi connectivity index (χ0n) is 4.46. The monoisotopic (exact) mass is 101 g/mol. The first-order chi connectivity index (χ1) is 3.22. The van der Waals surface area contributed by atoms with Crippen LogP contribution in [0.25, 0.3) is 0 Å². The molecule has 1 saturated carbocycles. The second-order valence-electron chi connectivity index (χ2n) is 2.36. The fraction of sp³-hybridized carbons (Fsp3) is 1.00. The molecule has 0 aromatic rings. The summed E-state index contributed by atoms with van der Waals surface area (Å²) in [5.74, 6) is 0.537. The molecule has 1 aliphatic rings. The minimum absolute atomic E-state index is 0.0556. The van der Waals surface area contributed by atoms with E-state index in [1.165, 1.54) is 0 Å². The maximum Gasteiger partial charge on any atom is 0.0696 e. The molecule has 3 N–H and O–H groups in total. The van der Waals surface area contributed by atoms with Crippen LogP contribution in [0.1, 0.15) is 13.3 Å². The summed E-state index contributed by atoms with van der Waals surface area (Å²) in [7, 11) is 0. The summed E-state index contributed by atoms with van der Waals surface area (Å²) >= 11 is 0. The highest BCUT2D eigenvalue weighted by molar-refractivity contribution is 4.89. The normalized spacial score (nSPS) is 51.0. The predicted octanol–water partition coefficient (Wildman–Crippen LogP) is -0.286. The first-order valence-electron chi connectivity index (χ1n) is 2.65. The van der Waals surface area contributed by atoms with E-state index in [2.05, 4.69) is 6.92 Å². The van der Waals surface area contributed by atoms with Gasteiger partial charge in [0.1, 0.15) is 0 Å². The Morgan fingerprint density at radius 2 is 2.29 bits per heavy atom. The molecule has 1 fully saturated rings. The summed E-state index contributed by atoms with van der Waals surface area (Å²) in [5.41, 5.74) is 5.42. The molecular weight excluding hydrogens is 90.1 g/mol. The third-order valence-electron chi connectivity index (χ3n) is 1.71. The van der Waals surface area contributed by atoms with Gasteiger partial charge in [-0.25, -0.2) is 0 Å². The third kappa shape index (κ3) is 0.640. The summed E-state index contributed by atoms with van der Waals surface area (Å²) < 4.78 is 0. The van der Waals surface area contributed by atoms with Gasteiger partial charge in [-0.1, -0.05) is 6.92 Å². The molecule has 0 saturated heterocycles. The Kier molecular flexibility index (Phi) is 1.05. The maximum absolute atomic E-state index is 8.76. The lowest BCUT2D eigenvalue weighted by atomic mass is 9.79. The van der Waals surface area contributed by atoms with Crippen LogP contribution >= 0.6 is 0 Å². The Bertz CT molecular complexity index is 66.5. The number of rotatable bonds is 0. The van der Waals surface area contributed by atoms with Crippen molar-refractivity contribution in [1.29, 1.82) is 0 Å². The number of hydrogen-bond acceptors (Lipinski definition) is 2. The average Bonchev–Trinajstić information content (AvgIpc) is 1.68. The Hall–Kier alpha value is -0.0800. The standard InChI is InChI=1S/C5H11NO/c1-3-2-4(7)5(3)6/h3-5,7H,2,6H2,1H3. The van der Waals surface area contributed by atoms with Crippen molar-refractivity contribution in [2.24, 2.45) is 11.7 Å². The van der Waals surface area contributed by atoms with E-state index < -0.39 is 0 Å². The molecule has 2 nitrogen and oxygen atoms in total. The van der Waals surface area contributed by atoms with Gasteiger partial charge in [0.2, 0.25) is 0 Å². The second-order valence-corrected chi connectivity index (χ2v) is 2.36. The SMILES string of the molecule is CC1CC(O)C1N. The highest BCUT2D eigenvalue weighted by Crippen LogP contribution is 2.24. The van der Waals surface area contributed by atoms with Crippen LogP contribution in [0.15, 0.2) is 0 Å². The van der Waals surface area contributed by atoms with Crippen molar-refractivity contribution in [3.8, 4) is 0 Å². The van der Waals surface area contributed by atoms with Crippen molar-refractivity contribution in [2.45, 2.75) is 25.5 Å². The van der Waals surface area contributed by atoms with Gasteiger partial charge in [-0.05, 0) is 12.3 Å². The van der Waals surface area contributed by atoms with E-state index in [9.17, 15) is 0 Å². The van der Waals surface area contributed by atoms with Crippen LogP contribution in [0.5, 0.6) is 0 Å². The van der Waals surface area contributed by atoms with Crippen molar-refractivity contribution in [3.63, 3.8) is 0 Å². The van der Waals surface area contributed by atoms with Crippen LogP contribution in [0.3, 0.4) is 0 Å². The molecule has 3 unspecified atom stereocenters. The number of aliphatic hydroxyl groups excluding tert-OH is 1. The van der Waals surface area contributed by atoms with E-state index in [0.29, 0.717) is 5.92 Å². The van der Waals surface area contributed by atoms with E-state index in [-0.39, 0.29) is 12.1 Å². The Morgan fingerprint density at radius 1 is 1.71 bits per heavy atom. The minimum atomic E-state index is -0.213. The van der Waals surface area contributed by atoms with Crippen molar-refractivity contribution in [3.05, 3.63) is 0 Å².